The third kappa shape index (κ3) is 3.01. The van der Waals surface area contributed by atoms with Gasteiger partial charge in [0.05, 0.1) is 0 Å². The number of guanidine groups is 1. The number of nitrogens with two attached hydrogens (primary N) is 2. The Kier molecular flexibility index (Phi) is 3.07. The molecule has 0 atom stereocenters. The lowest BCUT2D eigenvalue weighted by atomic mass is 10.3. The maximum Gasteiger partial charge on any atom is 0.185 e. The summed E-state index contributed by atoms with van der Waals surface area (Å²) in [7, 11) is 0. The SMILES string of the molecule is NC(N)=NCCc1ccccn1. The number of rotatable bonds is 3. The van der Waals surface area contributed by atoms with Crippen molar-refractivity contribution in [2.24, 2.45) is 16.5 Å². The first kappa shape index (κ1) is 8.52. The molecule has 0 saturated carbocycles. The Morgan fingerprint density at radius 3 is 2.83 bits per heavy atom. The number of aromatic nitrogens is 1. The smallest absolute Gasteiger partial charge is 0.185 e. The van der Waals surface area contributed by atoms with Crippen LogP contribution in [0.15, 0.2) is 29.4 Å². The Labute approximate surface area is 71.3 Å². The van der Waals surface area contributed by atoms with E-state index in [1.807, 2.05) is 18.2 Å². The first-order valence-corrected chi connectivity index (χ1v) is 3.74. The van der Waals surface area contributed by atoms with Gasteiger partial charge in [-0.05, 0) is 12.1 Å². The quantitative estimate of drug-likeness (QED) is 0.483. The zero-order valence-electron chi connectivity index (χ0n) is 6.77. The summed E-state index contributed by atoms with van der Waals surface area (Å²) in [5, 5.41) is 0. The van der Waals surface area contributed by atoms with Gasteiger partial charge in [0, 0.05) is 24.9 Å². The van der Waals surface area contributed by atoms with Crippen LogP contribution in [0.4, 0.5) is 0 Å². The van der Waals surface area contributed by atoms with Gasteiger partial charge >= 0.3 is 0 Å². The van der Waals surface area contributed by atoms with Crippen molar-refractivity contribution >= 4 is 5.96 Å². The largest absolute Gasteiger partial charge is 0.370 e. The van der Waals surface area contributed by atoms with Gasteiger partial charge in [0.1, 0.15) is 0 Å². The summed E-state index contributed by atoms with van der Waals surface area (Å²) in [6.07, 6.45) is 2.53. The van der Waals surface area contributed by atoms with Crippen molar-refractivity contribution in [1.82, 2.24) is 4.98 Å². The van der Waals surface area contributed by atoms with Gasteiger partial charge in [-0.2, -0.15) is 0 Å². The molecule has 4 heteroatoms. The third-order valence-corrected chi connectivity index (χ3v) is 1.39. The highest BCUT2D eigenvalue weighted by Gasteiger charge is 1.90. The van der Waals surface area contributed by atoms with Crippen LogP contribution in [0.3, 0.4) is 0 Å². The molecular formula is C8H12N4. The molecule has 0 amide bonds. The Balaban J connectivity index is 2.39. The van der Waals surface area contributed by atoms with Crippen molar-refractivity contribution in [3.05, 3.63) is 30.1 Å². The van der Waals surface area contributed by atoms with Crippen molar-refractivity contribution in [2.45, 2.75) is 6.42 Å². The van der Waals surface area contributed by atoms with Crippen LogP contribution in [0.1, 0.15) is 5.69 Å². The maximum atomic E-state index is 5.16. The standard InChI is InChI=1S/C8H12N4/c9-8(10)12-6-4-7-3-1-2-5-11-7/h1-3,5H,4,6H2,(H4,9,10,12). The second kappa shape index (κ2) is 4.33. The summed E-state index contributed by atoms with van der Waals surface area (Å²) >= 11 is 0. The van der Waals surface area contributed by atoms with Crippen LogP contribution in [-0.2, 0) is 6.42 Å². The second-order valence-electron chi connectivity index (χ2n) is 2.38. The lowest BCUT2D eigenvalue weighted by molar-refractivity contribution is 0.919. The van der Waals surface area contributed by atoms with Crippen molar-refractivity contribution in [3.8, 4) is 0 Å². The zero-order chi connectivity index (χ0) is 8.81. The molecule has 1 rings (SSSR count). The molecule has 1 aromatic rings. The van der Waals surface area contributed by atoms with Gasteiger partial charge < -0.3 is 11.5 Å². The van der Waals surface area contributed by atoms with E-state index in [4.69, 9.17) is 11.5 Å². The topological polar surface area (TPSA) is 77.3 Å². The van der Waals surface area contributed by atoms with E-state index in [0.717, 1.165) is 12.1 Å². The van der Waals surface area contributed by atoms with Crippen LogP contribution in [-0.4, -0.2) is 17.5 Å². The predicted molar refractivity (Wildman–Crippen MR) is 48.6 cm³/mol. The van der Waals surface area contributed by atoms with Crippen molar-refractivity contribution in [2.75, 3.05) is 6.54 Å². The van der Waals surface area contributed by atoms with Crippen LogP contribution in [0, 0.1) is 0 Å². The maximum absolute atomic E-state index is 5.16. The fourth-order valence-electron chi connectivity index (χ4n) is 0.846. The molecular weight excluding hydrogens is 152 g/mol. The minimum Gasteiger partial charge on any atom is -0.370 e. The molecule has 0 spiro atoms. The third-order valence-electron chi connectivity index (χ3n) is 1.39. The van der Waals surface area contributed by atoms with Crippen LogP contribution >= 0.6 is 0 Å². The van der Waals surface area contributed by atoms with E-state index in [-0.39, 0.29) is 5.96 Å². The summed E-state index contributed by atoms with van der Waals surface area (Å²) < 4.78 is 0. The number of pyridine rings is 1. The molecule has 64 valence electrons. The Hall–Kier alpha value is -1.58. The first-order valence-electron chi connectivity index (χ1n) is 3.74. The molecule has 0 aliphatic rings. The molecule has 0 bridgehead atoms. The average Bonchev–Trinajstić information content (AvgIpc) is 2.05. The van der Waals surface area contributed by atoms with E-state index in [1.54, 1.807) is 6.20 Å². The Bertz CT molecular complexity index is 251. The number of hydrogen-bond donors (Lipinski definition) is 2. The monoisotopic (exact) mass is 164 g/mol. The number of nitrogens with zero attached hydrogens (tertiary/aromatic N) is 2. The fourth-order valence-corrected chi connectivity index (χ4v) is 0.846. The van der Waals surface area contributed by atoms with Gasteiger partial charge in [-0.15, -0.1) is 0 Å². The van der Waals surface area contributed by atoms with Gasteiger partial charge in [0.25, 0.3) is 0 Å². The second-order valence-corrected chi connectivity index (χ2v) is 2.38. The number of aliphatic imine (C=N–C) groups is 1. The molecule has 0 aliphatic heterocycles. The van der Waals surface area contributed by atoms with Gasteiger partial charge in [-0.1, -0.05) is 6.07 Å². The summed E-state index contributed by atoms with van der Waals surface area (Å²) in [4.78, 5) is 7.98. The average molecular weight is 164 g/mol. The van der Waals surface area contributed by atoms with E-state index in [1.165, 1.54) is 0 Å². The fraction of sp³-hybridized carbons (Fsp3) is 0.250. The minimum atomic E-state index is 0.130. The van der Waals surface area contributed by atoms with Gasteiger partial charge in [-0.25, -0.2) is 0 Å². The normalized spacial score (nSPS) is 9.33. The van der Waals surface area contributed by atoms with Gasteiger partial charge in [-0.3, -0.25) is 9.98 Å². The van der Waals surface area contributed by atoms with E-state index in [9.17, 15) is 0 Å². The zero-order valence-corrected chi connectivity index (χ0v) is 6.77. The summed E-state index contributed by atoms with van der Waals surface area (Å²) in [5.74, 6) is 0.130. The summed E-state index contributed by atoms with van der Waals surface area (Å²) in [6.45, 7) is 0.597. The molecule has 1 heterocycles. The summed E-state index contributed by atoms with van der Waals surface area (Å²) in [6, 6.07) is 5.77. The predicted octanol–water partition coefficient (Wildman–Crippen LogP) is -0.103. The van der Waals surface area contributed by atoms with E-state index in [0.29, 0.717) is 6.54 Å². The lowest BCUT2D eigenvalue weighted by Gasteiger charge is -1.95. The number of hydrogen-bond acceptors (Lipinski definition) is 2. The van der Waals surface area contributed by atoms with E-state index < -0.39 is 0 Å². The molecule has 12 heavy (non-hydrogen) atoms. The molecule has 0 unspecified atom stereocenters. The molecule has 4 N–H and O–H groups in total. The molecule has 4 nitrogen and oxygen atoms in total. The van der Waals surface area contributed by atoms with Crippen LogP contribution in [0.25, 0.3) is 0 Å². The van der Waals surface area contributed by atoms with Crippen LogP contribution < -0.4 is 11.5 Å². The lowest BCUT2D eigenvalue weighted by Crippen LogP contribution is -2.23. The van der Waals surface area contributed by atoms with E-state index in [2.05, 4.69) is 9.98 Å². The van der Waals surface area contributed by atoms with Crippen molar-refractivity contribution in [3.63, 3.8) is 0 Å². The molecule has 0 aliphatic carbocycles. The Morgan fingerprint density at radius 1 is 1.42 bits per heavy atom. The highest BCUT2D eigenvalue weighted by Crippen LogP contribution is 1.93. The molecule has 0 fully saturated rings. The molecule has 0 saturated heterocycles. The Morgan fingerprint density at radius 2 is 2.25 bits per heavy atom. The highest BCUT2D eigenvalue weighted by atomic mass is 15.0. The minimum absolute atomic E-state index is 0.130. The highest BCUT2D eigenvalue weighted by molar-refractivity contribution is 5.75. The summed E-state index contributed by atoms with van der Waals surface area (Å²) in [5.41, 5.74) is 11.3. The van der Waals surface area contributed by atoms with E-state index >= 15 is 0 Å². The van der Waals surface area contributed by atoms with Crippen LogP contribution in [0.2, 0.25) is 0 Å². The van der Waals surface area contributed by atoms with Crippen molar-refractivity contribution in [1.29, 1.82) is 0 Å². The molecule has 1 aromatic heterocycles. The molecule has 0 aromatic carbocycles. The van der Waals surface area contributed by atoms with Gasteiger partial charge in [0.2, 0.25) is 0 Å². The van der Waals surface area contributed by atoms with Crippen molar-refractivity contribution < 1.29 is 0 Å². The molecule has 0 radical (unpaired) electrons. The van der Waals surface area contributed by atoms with Crippen LogP contribution in [0.5, 0.6) is 0 Å². The first-order chi connectivity index (χ1) is 5.79. The van der Waals surface area contributed by atoms with Gasteiger partial charge in [0.15, 0.2) is 5.96 Å².